The molecule has 2 aromatic rings. The number of sulfonamides is 1. The number of amides is 1. The number of aromatic amines is 1. The van der Waals surface area contributed by atoms with Gasteiger partial charge in [0.1, 0.15) is 5.69 Å². The number of nitrogens with zero attached hydrogens (tertiary/aromatic N) is 3. The molecule has 0 atom stereocenters. The first-order chi connectivity index (χ1) is 12.3. The van der Waals surface area contributed by atoms with Crippen molar-refractivity contribution in [1.82, 2.24) is 19.4 Å². The molecule has 0 saturated carbocycles. The summed E-state index contributed by atoms with van der Waals surface area (Å²) in [6.45, 7) is 2.30. The summed E-state index contributed by atoms with van der Waals surface area (Å²) in [4.78, 5) is 27.9. The molecule has 1 fully saturated rings. The Labute approximate surface area is 151 Å². The van der Waals surface area contributed by atoms with Crippen LogP contribution in [0.5, 0.6) is 0 Å². The SMILES string of the molecule is CNS(=O)(=O)c1ccc(N2CCN(C(=O)c3cc(=O)[nH]n3C)CC2)cc1. The molecule has 3 rings (SSSR count). The largest absolute Gasteiger partial charge is 0.368 e. The Kier molecular flexibility index (Phi) is 4.88. The van der Waals surface area contributed by atoms with Gasteiger partial charge in [-0.25, -0.2) is 13.1 Å². The van der Waals surface area contributed by atoms with Crippen LogP contribution in [-0.2, 0) is 17.1 Å². The number of rotatable bonds is 4. The van der Waals surface area contributed by atoms with Crippen LogP contribution in [0.4, 0.5) is 5.69 Å². The highest BCUT2D eigenvalue weighted by molar-refractivity contribution is 7.89. The van der Waals surface area contributed by atoms with Gasteiger partial charge < -0.3 is 9.80 Å². The summed E-state index contributed by atoms with van der Waals surface area (Å²) in [6, 6.07) is 7.95. The van der Waals surface area contributed by atoms with Crippen molar-refractivity contribution in [2.24, 2.45) is 7.05 Å². The van der Waals surface area contributed by atoms with Gasteiger partial charge in [-0.15, -0.1) is 0 Å². The molecular weight excluding hydrogens is 358 g/mol. The number of anilines is 1. The number of aromatic nitrogens is 2. The van der Waals surface area contributed by atoms with E-state index in [-0.39, 0.29) is 16.4 Å². The zero-order valence-corrected chi connectivity index (χ0v) is 15.4. The Hall–Kier alpha value is -2.59. The second-order valence-electron chi connectivity index (χ2n) is 6.05. The van der Waals surface area contributed by atoms with Crippen molar-refractivity contribution < 1.29 is 13.2 Å². The van der Waals surface area contributed by atoms with Crippen LogP contribution in [0.3, 0.4) is 0 Å². The standard InChI is InChI=1S/C16H21N5O4S/c1-17-26(24,25)13-5-3-12(4-6-13)20-7-9-21(10-8-20)16(23)14-11-15(22)18-19(14)2/h3-6,11,17H,7-10H2,1-2H3,(H,18,22). The first kappa shape index (κ1) is 18.2. The third-order valence-corrected chi connectivity index (χ3v) is 5.90. The molecule has 1 saturated heterocycles. The highest BCUT2D eigenvalue weighted by atomic mass is 32.2. The molecule has 0 spiro atoms. The van der Waals surface area contributed by atoms with Gasteiger partial charge in [0.05, 0.1) is 4.90 Å². The number of carbonyl (C=O) groups excluding carboxylic acids is 1. The maximum atomic E-state index is 12.5. The Morgan fingerprint density at radius 1 is 1.12 bits per heavy atom. The fourth-order valence-corrected chi connectivity index (χ4v) is 3.70. The van der Waals surface area contributed by atoms with Crippen molar-refractivity contribution in [1.29, 1.82) is 0 Å². The Morgan fingerprint density at radius 3 is 2.23 bits per heavy atom. The van der Waals surface area contributed by atoms with E-state index in [0.29, 0.717) is 31.9 Å². The van der Waals surface area contributed by atoms with Crippen molar-refractivity contribution in [2.45, 2.75) is 4.90 Å². The number of piperazine rings is 1. The number of hydrogen-bond donors (Lipinski definition) is 2. The van der Waals surface area contributed by atoms with E-state index < -0.39 is 10.0 Å². The van der Waals surface area contributed by atoms with Gasteiger partial charge in [0, 0.05) is 45.0 Å². The lowest BCUT2D eigenvalue weighted by Crippen LogP contribution is -2.49. The second kappa shape index (κ2) is 6.96. The number of aryl methyl sites for hydroxylation is 1. The molecule has 0 aliphatic carbocycles. The molecule has 1 amide bonds. The summed E-state index contributed by atoms with van der Waals surface area (Å²) >= 11 is 0. The zero-order chi connectivity index (χ0) is 18.9. The molecule has 1 aromatic carbocycles. The molecule has 9 nitrogen and oxygen atoms in total. The lowest BCUT2D eigenvalue weighted by atomic mass is 10.2. The third-order valence-electron chi connectivity index (χ3n) is 4.47. The van der Waals surface area contributed by atoms with Crippen LogP contribution in [0.1, 0.15) is 10.5 Å². The fourth-order valence-electron chi connectivity index (χ4n) is 2.97. The van der Waals surface area contributed by atoms with Crippen molar-refractivity contribution in [3.8, 4) is 0 Å². The van der Waals surface area contributed by atoms with Crippen LogP contribution >= 0.6 is 0 Å². The summed E-state index contributed by atoms with van der Waals surface area (Å²) < 4.78 is 27.3. The molecule has 1 aliphatic rings. The van der Waals surface area contributed by atoms with Crippen LogP contribution in [-0.4, -0.2) is 62.2 Å². The van der Waals surface area contributed by atoms with Crippen molar-refractivity contribution >= 4 is 21.6 Å². The molecule has 2 heterocycles. The molecule has 26 heavy (non-hydrogen) atoms. The number of H-pyrrole nitrogens is 1. The van der Waals surface area contributed by atoms with E-state index in [0.717, 1.165) is 5.69 Å². The van der Waals surface area contributed by atoms with E-state index in [1.165, 1.54) is 17.8 Å². The lowest BCUT2D eigenvalue weighted by Gasteiger charge is -2.36. The van der Waals surface area contributed by atoms with Crippen LogP contribution < -0.4 is 15.2 Å². The van der Waals surface area contributed by atoms with Gasteiger partial charge in [-0.2, -0.15) is 0 Å². The van der Waals surface area contributed by atoms with E-state index in [4.69, 9.17) is 0 Å². The first-order valence-electron chi connectivity index (χ1n) is 8.16. The molecule has 1 aromatic heterocycles. The monoisotopic (exact) mass is 379 g/mol. The maximum Gasteiger partial charge on any atom is 0.272 e. The molecular formula is C16H21N5O4S. The Bertz CT molecular complexity index is 953. The van der Waals surface area contributed by atoms with E-state index in [9.17, 15) is 18.0 Å². The van der Waals surface area contributed by atoms with Gasteiger partial charge >= 0.3 is 0 Å². The Morgan fingerprint density at radius 2 is 1.73 bits per heavy atom. The van der Waals surface area contributed by atoms with Gasteiger partial charge in [0.15, 0.2) is 0 Å². The van der Waals surface area contributed by atoms with Crippen molar-refractivity contribution in [2.75, 3.05) is 38.1 Å². The van der Waals surface area contributed by atoms with E-state index in [2.05, 4.69) is 14.7 Å². The summed E-state index contributed by atoms with van der Waals surface area (Å²) in [6.07, 6.45) is 0. The van der Waals surface area contributed by atoms with E-state index >= 15 is 0 Å². The van der Waals surface area contributed by atoms with Gasteiger partial charge in [-0.1, -0.05) is 0 Å². The van der Waals surface area contributed by atoms with E-state index in [1.807, 2.05) is 0 Å². The maximum absolute atomic E-state index is 12.5. The van der Waals surface area contributed by atoms with Gasteiger partial charge in [0.2, 0.25) is 10.0 Å². The minimum Gasteiger partial charge on any atom is -0.368 e. The quantitative estimate of drug-likeness (QED) is 0.751. The number of hydrogen-bond acceptors (Lipinski definition) is 5. The molecule has 140 valence electrons. The highest BCUT2D eigenvalue weighted by Gasteiger charge is 2.24. The number of nitrogens with one attached hydrogen (secondary N) is 2. The minimum atomic E-state index is -3.45. The van der Waals surface area contributed by atoms with Crippen LogP contribution in [0, 0.1) is 0 Å². The smallest absolute Gasteiger partial charge is 0.272 e. The summed E-state index contributed by atoms with van der Waals surface area (Å²) in [5, 5.41) is 2.53. The molecule has 1 aliphatic heterocycles. The average Bonchev–Trinajstić information content (AvgIpc) is 2.99. The predicted molar refractivity (Wildman–Crippen MR) is 96.8 cm³/mol. The van der Waals surface area contributed by atoms with E-state index in [1.54, 1.807) is 36.2 Å². The molecule has 0 bridgehead atoms. The minimum absolute atomic E-state index is 0.180. The van der Waals surface area contributed by atoms with Crippen LogP contribution in [0.2, 0.25) is 0 Å². The zero-order valence-electron chi connectivity index (χ0n) is 14.6. The topological polar surface area (TPSA) is 108 Å². The first-order valence-corrected chi connectivity index (χ1v) is 9.64. The van der Waals surface area contributed by atoms with Crippen LogP contribution in [0.25, 0.3) is 0 Å². The normalized spacial score (nSPS) is 15.3. The second-order valence-corrected chi connectivity index (χ2v) is 7.93. The fraction of sp³-hybridized carbons (Fsp3) is 0.375. The third kappa shape index (κ3) is 3.51. The summed E-state index contributed by atoms with van der Waals surface area (Å²) in [7, 11) is -0.445. The van der Waals surface area contributed by atoms with Gasteiger partial charge in [0.25, 0.3) is 11.5 Å². The van der Waals surface area contributed by atoms with Crippen LogP contribution in [0.15, 0.2) is 40.0 Å². The molecule has 2 N–H and O–H groups in total. The summed E-state index contributed by atoms with van der Waals surface area (Å²) in [5.74, 6) is -0.180. The highest BCUT2D eigenvalue weighted by Crippen LogP contribution is 2.20. The summed E-state index contributed by atoms with van der Waals surface area (Å²) in [5.41, 5.74) is 0.942. The predicted octanol–water partition coefficient (Wildman–Crippen LogP) is -0.416. The number of benzene rings is 1. The Balaban J connectivity index is 1.66. The van der Waals surface area contributed by atoms with Crippen molar-refractivity contribution in [3.63, 3.8) is 0 Å². The average molecular weight is 379 g/mol. The lowest BCUT2D eigenvalue weighted by molar-refractivity contribution is 0.0735. The molecule has 0 radical (unpaired) electrons. The van der Waals surface area contributed by atoms with Crippen molar-refractivity contribution in [3.05, 3.63) is 46.4 Å². The molecule has 0 unspecified atom stereocenters. The van der Waals surface area contributed by atoms with Gasteiger partial charge in [-0.05, 0) is 31.3 Å². The van der Waals surface area contributed by atoms with Gasteiger partial charge in [-0.3, -0.25) is 19.4 Å². The number of carbonyl (C=O) groups is 1. The molecule has 10 heteroatoms.